The standard InChI is InChI=1S/C14H17N3O2S/c1-9-12(14(18)19)13(16(2)15-9)17(11-3-4-11)7-10-5-6-20-8-10/h5-6,8,11H,3-4,7H2,1-2H3,(H,18,19). The molecule has 106 valence electrons. The molecule has 2 aromatic rings. The monoisotopic (exact) mass is 291 g/mol. The van der Waals surface area contributed by atoms with E-state index in [-0.39, 0.29) is 0 Å². The van der Waals surface area contributed by atoms with E-state index >= 15 is 0 Å². The molecule has 0 radical (unpaired) electrons. The number of aromatic carboxylic acids is 1. The third-order valence-electron chi connectivity index (χ3n) is 3.60. The number of carboxylic acid groups (broad SMARTS) is 1. The quantitative estimate of drug-likeness (QED) is 0.920. The van der Waals surface area contributed by atoms with Gasteiger partial charge in [0.25, 0.3) is 0 Å². The first kappa shape index (κ1) is 13.2. The molecule has 2 heterocycles. The van der Waals surface area contributed by atoms with Crippen LogP contribution in [0.5, 0.6) is 0 Å². The predicted octanol–water partition coefficient (Wildman–Crippen LogP) is 2.66. The zero-order valence-electron chi connectivity index (χ0n) is 11.5. The van der Waals surface area contributed by atoms with Crippen LogP contribution >= 0.6 is 11.3 Å². The maximum atomic E-state index is 11.5. The molecular formula is C14H17N3O2S. The van der Waals surface area contributed by atoms with Gasteiger partial charge >= 0.3 is 5.97 Å². The summed E-state index contributed by atoms with van der Waals surface area (Å²) < 4.78 is 1.70. The minimum atomic E-state index is -0.901. The van der Waals surface area contributed by atoms with E-state index in [4.69, 9.17) is 0 Å². The lowest BCUT2D eigenvalue weighted by Gasteiger charge is -2.24. The number of anilines is 1. The van der Waals surface area contributed by atoms with Crippen LogP contribution in [0.4, 0.5) is 5.82 Å². The summed E-state index contributed by atoms with van der Waals surface area (Å²) in [5, 5.41) is 17.9. The zero-order chi connectivity index (χ0) is 14.3. The Hall–Kier alpha value is -1.82. The van der Waals surface area contributed by atoms with Crippen LogP contribution in [0, 0.1) is 6.92 Å². The smallest absolute Gasteiger partial charge is 0.341 e. The summed E-state index contributed by atoms with van der Waals surface area (Å²) in [5.74, 6) is -0.176. The lowest BCUT2D eigenvalue weighted by Crippen LogP contribution is -2.28. The highest BCUT2D eigenvalue weighted by Crippen LogP contribution is 2.36. The average molecular weight is 291 g/mol. The molecular weight excluding hydrogens is 274 g/mol. The topological polar surface area (TPSA) is 58.4 Å². The molecule has 20 heavy (non-hydrogen) atoms. The second-order valence-electron chi connectivity index (χ2n) is 5.20. The highest BCUT2D eigenvalue weighted by Gasteiger charge is 2.34. The minimum Gasteiger partial charge on any atom is -0.477 e. The normalized spacial score (nSPS) is 14.5. The van der Waals surface area contributed by atoms with Crippen LogP contribution in [0.1, 0.15) is 34.5 Å². The summed E-state index contributed by atoms with van der Waals surface area (Å²) in [7, 11) is 1.82. The van der Waals surface area contributed by atoms with Crippen LogP contribution in [0.25, 0.3) is 0 Å². The summed E-state index contributed by atoms with van der Waals surface area (Å²) in [6.45, 7) is 2.50. The molecule has 3 rings (SSSR count). The Morgan fingerprint density at radius 3 is 2.90 bits per heavy atom. The fourth-order valence-corrected chi connectivity index (χ4v) is 3.23. The molecule has 6 heteroatoms. The Morgan fingerprint density at radius 1 is 1.60 bits per heavy atom. The van der Waals surface area contributed by atoms with E-state index in [0.29, 0.717) is 17.3 Å². The Morgan fingerprint density at radius 2 is 2.35 bits per heavy atom. The maximum absolute atomic E-state index is 11.5. The van der Waals surface area contributed by atoms with Gasteiger partial charge in [-0.05, 0) is 42.2 Å². The molecule has 1 saturated carbocycles. The van der Waals surface area contributed by atoms with Crippen molar-refractivity contribution in [1.82, 2.24) is 9.78 Å². The van der Waals surface area contributed by atoms with Gasteiger partial charge in [0.05, 0.1) is 5.69 Å². The van der Waals surface area contributed by atoms with Gasteiger partial charge in [0.15, 0.2) is 0 Å². The number of nitrogens with zero attached hydrogens (tertiary/aromatic N) is 3. The summed E-state index contributed by atoms with van der Waals surface area (Å²) in [6.07, 6.45) is 2.24. The molecule has 0 unspecified atom stereocenters. The SMILES string of the molecule is Cc1nn(C)c(N(Cc2ccsc2)C2CC2)c1C(=O)O. The molecule has 2 aromatic heterocycles. The Labute approximate surface area is 121 Å². The molecule has 0 aromatic carbocycles. The van der Waals surface area contributed by atoms with E-state index in [1.54, 1.807) is 22.9 Å². The minimum absolute atomic E-state index is 0.328. The summed E-state index contributed by atoms with van der Waals surface area (Å²) in [4.78, 5) is 13.7. The van der Waals surface area contributed by atoms with E-state index in [1.807, 2.05) is 12.4 Å². The van der Waals surface area contributed by atoms with E-state index in [1.165, 1.54) is 5.56 Å². The first-order chi connectivity index (χ1) is 9.58. The number of carbonyl (C=O) groups is 1. The Balaban J connectivity index is 2.01. The fraction of sp³-hybridized carbons (Fsp3) is 0.429. The summed E-state index contributed by atoms with van der Waals surface area (Å²) in [5.41, 5.74) is 2.12. The van der Waals surface area contributed by atoms with Gasteiger partial charge in [-0.1, -0.05) is 0 Å². The highest BCUT2D eigenvalue weighted by molar-refractivity contribution is 7.07. The van der Waals surface area contributed by atoms with Gasteiger partial charge in [-0.2, -0.15) is 16.4 Å². The molecule has 0 bridgehead atoms. The van der Waals surface area contributed by atoms with Gasteiger partial charge in [-0.25, -0.2) is 4.79 Å². The maximum Gasteiger partial charge on any atom is 0.341 e. The molecule has 0 aliphatic heterocycles. The summed E-state index contributed by atoms with van der Waals surface area (Å²) >= 11 is 1.66. The number of aromatic nitrogens is 2. The van der Waals surface area contributed by atoms with Crippen molar-refractivity contribution in [2.45, 2.75) is 32.4 Å². The van der Waals surface area contributed by atoms with Gasteiger partial charge in [-0.3, -0.25) is 4.68 Å². The second-order valence-corrected chi connectivity index (χ2v) is 5.98. The molecule has 5 nitrogen and oxygen atoms in total. The van der Waals surface area contributed by atoms with E-state index in [0.717, 1.165) is 25.2 Å². The van der Waals surface area contributed by atoms with Crippen molar-refractivity contribution >= 4 is 23.1 Å². The van der Waals surface area contributed by atoms with Crippen LogP contribution in [0.3, 0.4) is 0 Å². The molecule has 0 saturated heterocycles. The van der Waals surface area contributed by atoms with E-state index in [9.17, 15) is 9.90 Å². The number of hydrogen-bond acceptors (Lipinski definition) is 4. The predicted molar refractivity (Wildman–Crippen MR) is 78.4 cm³/mol. The van der Waals surface area contributed by atoms with Gasteiger partial charge in [0.1, 0.15) is 11.4 Å². The lowest BCUT2D eigenvalue weighted by atomic mass is 10.2. The molecule has 1 aliphatic carbocycles. The highest BCUT2D eigenvalue weighted by atomic mass is 32.1. The van der Waals surface area contributed by atoms with E-state index in [2.05, 4.69) is 21.4 Å². The van der Waals surface area contributed by atoms with Crippen LogP contribution in [0.15, 0.2) is 16.8 Å². The molecule has 1 aliphatic rings. The lowest BCUT2D eigenvalue weighted by molar-refractivity contribution is 0.0696. The molecule has 0 atom stereocenters. The fourth-order valence-electron chi connectivity index (χ4n) is 2.57. The van der Waals surface area contributed by atoms with Gasteiger partial charge in [-0.15, -0.1) is 0 Å². The van der Waals surface area contributed by atoms with Crippen molar-refractivity contribution in [3.63, 3.8) is 0 Å². The third kappa shape index (κ3) is 2.31. The molecule has 0 spiro atoms. The second kappa shape index (κ2) is 4.94. The van der Waals surface area contributed by atoms with Crippen molar-refractivity contribution in [3.05, 3.63) is 33.6 Å². The van der Waals surface area contributed by atoms with Crippen LogP contribution < -0.4 is 4.90 Å². The Kier molecular flexibility index (Phi) is 3.25. The largest absolute Gasteiger partial charge is 0.477 e. The Bertz CT molecular complexity index is 629. The van der Waals surface area contributed by atoms with Crippen LogP contribution in [0.2, 0.25) is 0 Å². The first-order valence-corrected chi connectivity index (χ1v) is 7.57. The molecule has 0 amide bonds. The molecule has 1 N–H and O–H groups in total. The number of aryl methyl sites for hydroxylation is 2. The number of carboxylic acids is 1. The van der Waals surface area contributed by atoms with Crippen molar-refractivity contribution < 1.29 is 9.90 Å². The van der Waals surface area contributed by atoms with Crippen LogP contribution in [-0.2, 0) is 13.6 Å². The van der Waals surface area contributed by atoms with Crippen molar-refractivity contribution in [3.8, 4) is 0 Å². The van der Waals surface area contributed by atoms with Crippen molar-refractivity contribution in [1.29, 1.82) is 0 Å². The van der Waals surface area contributed by atoms with Gasteiger partial charge in [0, 0.05) is 19.6 Å². The van der Waals surface area contributed by atoms with Crippen molar-refractivity contribution in [2.75, 3.05) is 4.90 Å². The van der Waals surface area contributed by atoms with E-state index < -0.39 is 5.97 Å². The zero-order valence-corrected chi connectivity index (χ0v) is 12.4. The summed E-state index contributed by atoms with van der Waals surface area (Å²) in [6, 6.07) is 2.52. The molecule has 1 fully saturated rings. The van der Waals surface area contributed by atoms with Crippen molar-refractivity contribution in [2.24, 2.45) is 7.05 Å². The van der Waals surface area contributed by atoms with Gasteiger partial charge < -0.3 is 10.0 Å². The van der Waals surface area contributed by atoms with Crippen LogP contribution in [-0.4, -0.2) is 26.9 Å². The first-order valence-electron chi connectivity index (χ1n) is 6.62. The third-order valence-corrected chi connectivity index (χ3v) is 4.33. The van der Waals surface area contributed by atoms with Gasteiger partial charge in [0.2, 0.25) is 0 Å². The number of hydrogen-bond donors (Lipinski definition) is 1. The average Bonchev–Trinajstić information content (AvgIpc) is 3.01. The number of rotatable bonds is 5. The number of thiophene rings is 1.